The number of hydrogen-bond acceptors (Lipinski definition) is 4. The van der Waals surface area contributed by atoms with Gasteiger partial charge in [0.25, 0.3) is 5.91 Å². The molecule has 0 spiro atoms. The second-order valence-corrected chi connectivity index (χ2v) is 7.16. The van der Waals surface area contributed by atoms with E-state index in [4.69, 9.17) is 4.74 Å². The predicted octanol–water partition coefficient (Wildman–Crippen LogP) is 3.63. The van der Waals surface area contributed by atoms with E-state index in [0.717, 1.165) is 32.4 Å². The maximum absolute atomic E-state index is 12.6. The number of rotatable bonds is 4. The van der Waals surface area contributed by atoms with E-state index in [1.54, 1.807) is 12.1 Å². The first-order chi connectivity index (χ1) is 11.7. The van der Waals surface area contributed by atoms with Gasteiger partial charge in [-0.2, -0.15) is 0 Å². The lowest BCUT2D eigenvalue weighted by Crippen LogP contribution is -2.38. The minimum atomic E-state index is -0.388. The average Bonchev–Trinajstić information content (AvgIpc) is 3.12. The molecule has 1 saturated heterocycles. The maximum atomic E-state index is 12.6. The number of ether oxygens (including phenoxy) is 1. The zero-order valence-electron chi connectivity index (χ0n) is 13.7. The lowest BCUT2D eigenvalue weighted by molar-refractivity contribution is 0.0606. The summed E-state index contributed by atoms with van der Waals surface area (Å²) >= 11 is 1.20. The van der Waals surface area contributed by atoms with Crippen LogP contribution in [0.15, 0.2) is 42.5 Å². The van der Waals surface area contributed by atoms with Crippen LogP contribution in [0.25, 0.3) is 0 Å². The quantitative estimate of drug-likeness (QED) is 0.797. The Morgan fingerprint density at radius 3 is 2.42 bits per heavy atom. The molecule has 1 aromatic heterocycles. The fourth-order valence-corrected chi connectivity index (χ4v) is 4.00. The smallest absolute Gasteiger partial charge is 0.348 e. The van der Waals surface area contributed by atoms with E-state index in [0.29, 0.717) is 15.7 Å². The molecule has 0 aliphatic carbocycles. The van der Waals surface area contributed by atoms with Crippen LogP contribution < -0.4 is 0 Å². The van der Waals surface area contributed by atoms with E-state index < -0.39 is 0 Å². The van der Waals surface area contributed by atoms with Crippen LogP contribution in [0.4, 0.5) is 0 Å². The number of likely N-dealkylation sites (tertiary alicyclic amines) is 1. The first kappa shape index (κ1) is 16.7. The molecule has 1 aliphatic heterocycles. The number of benzene rings is 1. The molecule has 0 radical (unpaired) electrons. The van der Waals surface area contributed by atoms with Crippen LogP contribution in [0.1, 0.15) is 37.7 Å². The van der Waals surface area contributed by atoms with Crippen molar-refractivity contribution in [2.45, 2.75) is 19.3 Å². The van der Waals surface area contributed by atoms with Gasteiger partial charge in [-0.3, -0.25) is 4.79 Å². The van der Waals surface area contributed by atoms with Crippen molar-refractivity contribution in [2.24, 2.45) is 5.92 Å². The monoisotopic (exact) mass is 343 g/mol. The summed E-state index contributed by atoms with van der Waals surface area (Å²) in [5.74, 6) is 0.263. The molecule has 0 saturated carbocycles. The summed E-state index contributed by atoms with van der Waals surface area (Å²) in [7, 11) is 1.35. The van der Waals surface area contributed by atoms with E-state index >= 15 is 0 Å². The molecule has 0 atom stereocenters. The van der Waals surface area contributed by atoms with E-state index in [2.05, 4.69) is 24.3 Å². The third kappa shape index (κ3) is 3.85. The molecule has 0 bridgehead atoms. The van der Waals surface area contributed by atoms with Crippen LogP contribution in [0.5, 0.6) is 0 Å². The van der Waals surface area contributed by atoms with Gasteiger partial charge in [0, 0.05) is 13.1 Å². The predicted molar refractivity (Wildman–Crippen MR) is 94.4 cm³/mol. The van der Waals surface area contributed by atoms with Gasteiger partial charge >= 0.3 is 5.97 Å². The zero-order chi connectivity index (χ0) is 16.9. The molecule has 2 aromatic rings. The number of thiophene rings is 1. The van der Waals surface area contributed by atoms with Gasteiger partial charge in [-0.25, -0.2) is 4.79 Å². The largest absolute Gasteiger partial charge is 0.465 e. The number of carbonyl (C=O) groups is 2. The molecule has 2 heterocycles. The zero-order valence-corrected chi connectivity index (χ0v) is 14.6. The number of methoxy groups -OCH3 is 1. The highest BCUT2D eigenvalue weighted by molar-refractivity contribution is 7.15. The summed E-state index contributed by atoms with van der Waals surface area (Å²) in [5, 5.41) is 0. The number of piperidine rings is 1. The Labute approximate surface area is 146 Å². The minimum Gasteiger partial charge on any atom is -0.465 e. The Balaban J connectivity index is 1.55. The summed E-state index contributed by atoms with van der Waals surface area (Å²) in [6.45, 7) is 1.56. The number of amides is 1. The molecule has 24 heavy (non-hydrogen) atoms. The minimum absolute atomic E-state index is 0.0216. The average molecular weight is 343 g/mol. The molecule has 1 fully saturated rings. The molecule has 1 aromatic carbocycles. The van der Waals surface area contributed by atoms with Crippen LogP contribution in [0.3, 0.4) is 0 Å². The summed E-state index contributed by atoms with van der Waals surface area (Å²) in [6, 6.07) is 13.9. The summed E-state index contributed by atoms with van der Waals surface area (Å²) in [4.78, 5) is 27.1. The first-order valence-corrected chi connectivity index (χ1v) is 9.00. The first-order valence-electron chi connectivity index (χ1n) is 8.18. The lowest BCUT2D eigenvalue weighted by Gasteiger charge is -2.31. The van der Waals surface area contributed by atoms with Crippen molar-refractivity contribution in [3.05, 3.63) is 57.8 Å². The number of hydrogen-bond donors (Lipinski definition) is 0. The molecule has 3 rings (SSSR count). The summed E-state index contributed by atoms with van der Waals surface area (Å²) in [5.41, 5.74) is 1.36. The number of carbonyl (C=O) groups excluding carboxylic acids is 2. The molecule has 0 N–H and O–H groups in total. The third-order valence-corrected chi connectivity index (χ3v) is 5.53. The van der Waals surface area contributed by atoms with Crippen molar-refractivity contribution >= 4 is 23.2 Å². The topological polar surface area (TPSA) is 46.6 Å². The highest BCUT2D eigenvalue weighted by Gasteiger charge is 2.25. The molecule has 0 unspecified atom stereocenters. The van der Waals surface area contributed by atoms with Gasteiger partial charge in [0.1, 0.15) is 4.88 Å². The molecular weight excluding hydrogens is 322 g/mol. The molecule has 5 heteroatoms. The van der Waals surface area contributed by atoms with Crippen LogP contribution in [-0.4, -0.2) is 37.0 Å². The lowest BCUT2D eigenvalue weighted by atomic mass is 9.90. The number of nitrogens with zero attached hydrogens (tertiary/aromatic N) is 1. The van der Waals surface area contributed by atoms with E-state index in [-0.39, 0.29) is 11.9 Å². The highest BCUT2D eigenvalue weighted by Crippen LogP contribution is 2.25. The van der Waals surface area contributed by atoms with Gasteiger partial charge in [0.15, 0.2) is 0 Å². The van der Waals surface area contributed by atoms with Crippen LogP contribution in [0, 0.1) is 5.92 Å². The van der Waals surface area contributed by atoms with Crippen molar-refractivity contribution in [3.8, 4) is 0 Å². The fourth-order valence-electron chi connectivity index (χ4n) is 3.11. The highest BCUT2D eigenvalue weighted by atomic mass is 32.1. The van der Waals surface area contributed by atoms with Gasteiger partial charge in [0.05, 0.1) is 12.0 Å². The van der Waals surface area contributed by atoms with Crippen molar-refractivity contribution in [1.82, 2.24) is 4.90 Å². The van der Waals surface area contributed by atoms with Gasteiger partial charge in [-0.05, 0) is 42.9 Å². The van der Waals surface area contributed by atoms with Crippen molar-refractivity contribution in [2.75, 3.05) is 20.2 Å². The van der Waals surface area contributed by atoms with Gasteiger partial charge in [-0.15, -0.1) is 11.3 Å². The SMILES string of the molecule is COC(=O)c1ccc(C(=O)N2CCC(Cc3ccccc3)CC2)s1. The molecular formula is C19H21NO3S. The van der Waals surface area contributed by atoms with Crippen LogP contribution in [-0.2, 0) is 11.2 Å². The number of esters is 1. The van der Waals surface area contributed by atoms with Crippen LogP contribution >= 0.6 is 11.3 Å². The van der Waals surface area contributed by atoms with Crippen molar-refractivity contribution in [3.63, 3.8) is 0 Å². The summed E-state index contributed by atoms with van der Waals surface area (Å²) < 4.78 is 4.69. The second-order valence-electron chi connectivity index (χ2n) is 6.08. The third-order valence-electron chi connectivity index (χ3n) is 4.47. The van der Waals surface area contributed by atoms with Crippen molar-refractivity contribution in [1.29, 1.82) is 0 Å². The molecule has 4 nitrogen and oxygen atoms in total. The van der Waals surface area contributed by atoms with Gasteiger partial charge < -0.3 is 9.64 Å². The van der Waals surface area contributed by atoms with Gasteiger partial charge in [-0.1, -0.05) is 30.3 Å². The van der Waals surface area contributed by atoms with E-state index in [1.165, 1.54) is 24.0 Å². The molecule has 1 amide bonds. The van der Waals surface area contributed by atoms with Crippen LogP contribution in [0.2, 0.25) is 0 Å². The summed E-state index contributed by atoms with van der Waals surface area (Å²) in [6.07, 6.45) is 3.13. The Hall–Kier alpha value is -2.14. The maximum Gasteiger partial charge on any atom is 0.348 e. The second kappa shape index (κ2) is 7.62. The Kier molecular flexibility index (Phi) is 5.30. The molecule has 1 aliphatic rings. The van der Waals surface area contributed by atoms with Gasteiger partial charge in [0.2, 0.25) is 0 Å². The Morgan fingerprint density at radius 1 is 1.08 bits per heavy atom. The standard InChI is InChI=1S/C19H21NO3S/c1-23-19(22)17-8-7-16(24-17)18(21)20-11-9-15(10-12-20)13-14-5-3-2-4-6-14/h2-8,15H,9-13H2,1H3. The molecule has 126 valence electrons. The van der Waals surface area contributed by atoms with E-state index in [1.807, 2.05) is 11.0 Å². The Morgan fingerprint density at radius 2 is 1.75 bits per heavy atom. The van der Waals surface area contributed by atoms with Crippen molar-refractivity contribution < 1.29 is 14.3 Å². The van der Waals surface area contributed by atoms with E-state index in [9.17, 15) is 9.59 Å². The fraction of sp³-hybridized carbons (Fsp3) is 0.368. The Bertz CT molecular complexity index is 702. The normalized spacial score (nSPS) is 15.3.